The molecule has 0 radical (unpaired) electrons. The molecule has 1 fully saturated rings. The fourth-order valence-corrected chi connectivity index (χ4v) is 1.13. The summed E-state index contributed by atoms with van der Waals surface area (Å²) in [4.78, 5) is 0. The number of hydrogen-bond acceptors (Lipinski definition) is 6. The van der Waals surface area contributed by atoms with Crippen molar-refractivity contribution in [1.82, 2.24) is 0 Å². The van der Waals surface area contributed by atoms with Crippen LogP contribution in [0.1, 0.15) is 0 Å². The largest absolute Gasteiger partial charge is 0.388 e. The summed E-state index contributed by atoms with van der Waals surface area (Å²) in [5, 5.41) is 36.3. The van der Waals surface area contributed by atoms with Crippen LogP contribution in [0.2, 0.25) is 0 Å². The lowest BCUT2D eigenvalue weighted by molar-refractivity contribution is -0.279. The zero-order valence-corrected chi connectivity index (χ0v) is 6.37. The highest BCUT2D eigenvalue weighted by Crippen LogP contribution is 2.18. The molecule has 0 aromatic rings. The summed E-state index contributed by atoms with van der Waals surface area (Å²) in [5.74, 6) is 0. The second kappa shape index (κ2) is 3.65. The fourth-order valence-electron chi connectivity index (χ4n) is 1.13. The maximum atomic E-state index is 9.20. The van der Waals surface area contributed by atoms with Gasteiger partial charge < -0.3 is 30.9 Å². The number of aliphatic hydroxyl groups excluding tert-OH is 4. The van der Waals surface area contributed by atoms with E-state index in [-0.39, 0.29) is 6.54 Å². The van der Waals surface area contributed by atoms with Crippen molar-refractivity contribution in [2.45, 2.75) is 30.7 Å². The number of hydrogen-bond donors (Lipinski definition) is 5. The molecule has 0 aromatic carbocycles. The molecule has 0 saturated carbocycles. The Morgan fingerprint density at radius 3 is 2.08 bits per heavy atom. The second-order valence-corrected chi connectivity index (χ2v) is 2.77. The van der Waals surface area contributed by atoms with Crippen molar-refractivity contribution < 1.29 is 25.2 Å². The molecule has 0 aromatic heterocycles. The molecular weight excluding hydrogens is 166 g/mol. The monoisotopic (exact) mass is 179 g/mol. The maximum Gasteiger partial charge on any atom is 0.184 e. The SMILES string of the molecule is NCC1O[C@@H](O)C(O)C(O)[C@@H]1O. The summed E-state index contributed by atoms with van der Waals surface area (Å²) in [7, 11) is 0. The molecule has 0 aliphatic carbocycles. The number of aliphatic hydroxyl groups is 4. The van der Waals surface area contributed by atoms with Crippen molar-refractivity contribution in [3.8, 4) is 0 Å². The van der Waals surface area contributed by atoms with E-state index in [1.807, 2.05) is 0 Å². The molecule has 6 heteroatoms. The molecule has 1 aliphatic rings. The smallest absolute Gasteiger partial charge is 0.184 e. The van der Waals surface area contributed by atoms with E-state index in [4.69, 9.17) is 25.8 Å². The van der Waals surface area contributed by atoms with Crippen LogP contribution in [0.25, 0.3) is 0 Å². The Morgan fingerprint density at radius 2 is 1.58 bits per heavy atom. The Morgan fingerprint density at radius 1 is 1.00 bits per heavy atom. The van der Waals surface area contributed by atoms with E-state index in [0.717, 1.165) is 0 Å². The molecule has 1 saturated heterocycles. The van der Waals surface area contributed by atoms with E-state index in [1.54, 1.807) is 0 Å². The minimum atomic E-state index is -1.49. The summed E-state index contributed by atoms with van der Waals surface area (Å²) in [6.07, 6.45) is -6.48. The molecule has 1 aliphatic heterocycles. The average Bonchev–Trinajstić information content (AvgIpc) is 2.08. The van der Waals surface area contributed by atoms with Crippen LogP contribution < -0.4 is 5.73 Å². The van der Waals surface area contributed by atoms with Crippen LogP contribution >= 0.6 is 0 Å². The van der Waals surface area contributed by atoms with Gasteiger partial charge in [0.1, 0.15) is 24.4 Å². The van der Waals surface area contributed by atoms with Crippen molar-refractivity contribution in [3.05, 3.63) is 0 Å². The molecule has 1 rings (SSSR count). The Labute approximate surface area is 69.2 Å². The molecular formula is C6H13NO5. The van der Waals surface area contributed by atoms with Crippen molar-refractivity contribution in [1.29, 1.82) is 0 Å². The molecule has 0 spiro atoms. The minimum Gasteiger partial charge on any atom is -0.388 e. The lowest BCUT2D eigenvalue weighted by atomic mass is 9.99. The quantitative estimate of drug-likeness (QED) is 0.288. The highest BCUT2D eigenvalue weighted by molar-refractivity contribution is 4.88. The van der Waals surface area contributed by atoms with Crippen LogP contribution in [0.15, 0.2) is 0 Å². The van der Waals surface area contributed by atoms with E-state index in [1.165, 1.54) is 0 Å². The zero-order chi connectivity index (χ0) is 9.30. The van der Waals surface area contributed by atoms with Crippen LogP contribution in [-0.4, -0.2) is 57.7 Å². The molecule has 12 heavy (non-hydrogen) atoms. The van der Waals surface area contributed by atoms with Gasteiger partial charge in [0.15, 0.2) is 6.29 Å². The molecule has 5 atom stereocenters. The Balaban J connectivity index is 2.63. The second-order valence-electron chi connectivity index (χ2n) is 2.77. The Hall–Kier alpha value is -0.240. The maximum absolute atomic E-state index is 9.20. The summed E-state index contributed by atoms with van der Waals surface area (Å²) in [6, 6.07) is 0. The van der Waals surface area contributed by atoms with Gasteiger partial charge in [-0.15, -0.1) is 0 Å². The number of nitrogens with two attached hydrogens (primary N) is 1. The lowest BCUT2D eigenvalue weighted by Crippen LogP contribution is -2.59. The van der Waals surface area contributed by atoms with Crippen LogP contribution in [-0.2, 0) is 4.74 Å². The van der Waals surface area contributed by atoms with E-state index in [0.29, 0.717) is 0 Å². The number of rotatable bonds is 1. The van der Waals surface area contributed by atoms with Gasteiger partial charge in [0, 0.05) is 6.54 Å². The first-order valence-electron chi connectivity index (χ1n) is 3.65. The fraction of sp³-hybridized carbons (Fsp3) is 1.00. The summed E-state index contributed by atoms with van der Waals surface area (Å²) < 4.78 is 4.70. The third-order valence-electron chi connectivity index (χ3n) is 1.92. The van der Waals surface area contributed by atoms with Gasteiger partial charge in [-0.3, -0.25) is 0 Å². The Kier molecular flexibility index (Phi) is 2.99. The molecule has 72 valence electrons. The normalized spacial score (nSPS) is 49.2. The van der Waals surface area contributed by atoms with Crippen LogP contribution in [0, 0.1) is 0 Å². The highest BCUT2D eigenvalue weighted by Gasteiger charge is 2.42. The van der Waals surface area contributed by atoms with Gasteiger partial charge in [0.2, 0.25) is 0 Å². The first-order chi connectivity index (χ1) is 5.57. The summed E-state index contributed by atoms with van der Waals surface area (Å²) in [5.41, 5.74) is 5.17. The van der Waals surface area contributed by atoms with Gasteiger partial charge in [-0.2, -0.15) is 0 Å². The first kappa shape index (κ1) is 9.85. The van der Waals surface area contributed by atoms with Crippen molar-refractivity contribution >= 4 is 0 Å². The van der Waals surface area contributed by atoms with E-state index in [2.05, 4.69) is 0 Å². The number of ether oxygens (including phenoxy) is 1. The molecule has 3 unspecified atom stereocenters. The molecule has 6 N–H and O–H groups in total. The lowest BCUT2D eigenvalue weighted by Gasteiger charge is -2.37. The third-order valence-corrected chi connectivity index (χ3v) is 1.92. The van der Waals surface area contributed by atoms with Gasteiger partial charge in [-0.25, -0.2) is 0 Å². The van der Waals surface area contributed by atoms with E-state index >= 15 is 0 Å². The standard InChI is InChI=1S/C6H13NO5/c7-1-2-3(8)4(9)5(10)6(11)12-2/h2-6,8-11H,1,7H2/t2?,3-,4?,5?,6-/m1/s1. The topological polar surface area (TPSA) is 116 Å². The van der Waals surface area contributed by atoms with Gasteiger partial charge in [-0.1, -0.05) is 0 Å². The molecule has 0 bridgehead atoms. The van der Waals surface area contributed by atoms with Crippen LogP contribution in [0.5, 0.6) is 0 Å². The predicted molar refractivity (Wildman–Crippen MR) is 38.0 cm³/mol. The zero-order valence-electron chi connectivity index (χ0n) is 6.37. The van der Waals surface area contributed by atoms with Crippen molar-refractivity contribution in [2.75, 3.05) is 6.54 Å². The highest BCUT2D eigenvalue weighted by atomic mass is 16.6. The van der Waals surface area contributed by atoms with E-state index < -0.39 is 30.7 Å². The van der Waals surface area contributed by atoms with Gasteiger partial charge >= 0.3 is 0 Å². The van der Waals surface area contributed by atoms with Gasteiger partial charge in [0.25, 0.3) is 0 Å². The van der Waals surface area contributed by atoms with Crippen molar-refractivity contribution in [2.24, 2.45) is 5.73 Å². The molecule has 6 nitrogen and oxygen atoms in total. The minimum absolute atomic E-state index is 0.0258. The van der Waals surface area contributed by atoms with E-state index in [9.17, 15) is 5.11 Å². The van der Waals surface area contributed by atoms with Crippen LogP contribution in [0.3, 0.4) is 0 Å². The molecule has 0 amide bonds. The van der Waals surface area contributed by atoms with Crippen molar-refractivity contribution in [3.63, 3.8) is 0 Å². The Bertz CT molecular complexity index is 150. The third kappa shape index (κ3) is 1.58. The first-order valence-corrected chi connectivity index (χ1v) is 3.65. The predicted octanol–water partition coefficient (Wildman–Crippen LogP) is -3.25. The van der Waals surface area contributed by atoms with Crippen LogP contribution in [0.4, 0.5) is 0 Å². The van der Waals surface area contributed by atoms with Gasteiger partial charge in [0.05, 0.1) is 0 Å². The average molecular weight is 179 g/mol. The van der Waals surface area contributed by atoms with Gasteiger partial charge in [-0.05, 0) is 0 Å². The summed E-state index contributed by atoms with van der Waals surface area (Å²) >= 11 is 0. The molecule has 1 heterocycles. The summed E-state index contributed by atoms with van der Waals surface area (Å²) in [6.45, 7) is -0.0258.